The van der Waals surface area contributed by atoms with Crippen LogP contribution < -0.4 is 10.1 Å². The number of likely N-dealkylation sites (tertiary alicyclic amines) is 1. The number of carbonyl (C=O) groups excluding carboxylic acids is 2. The first-order valence-electron chi connectivity index (χ1n) is 9.78. The van der Waals surface area contributed by atoms with Crippen LogP contribution in [0.4, 0.5) is 5.69 Å². The molecule has 0 bridgehead atoms. The highest BCUT2D eigenvalue weighted by molar-refractivity contribution is 7.13. The number of benzene rings is 2. The molecule has 154 valence electrons. The largest absolute Gasteiger partial charge is 0.496 e. The fourth-order valence-corrected chi connectivity index (χ4v) is 4.42. The molecule has 1 atom stereocenters. The van der Waals surface area contributed by atoms with Crippen LogP contribution in [0.25, 0.3) is 0 Å². The maximum atomic E-state index is 13.0. The Morgan fingerprint density at radius 3 is 2.67 bits per heavy atom. The van der Waals surface area contributed by atoms with Gasteiger partial charge in [-0.3, -0.25) is 9.59 Å². The van der Waals surface area contributed by atoms with Gasteiger partial charge in [0.1, 0.15) is 10.8 Å². The molecule has 1 aliphatic rings. The summed E-state index contributed by atoms with van der Waals surface area (Å²) in [5.41, 5.74) is 1.27. The van der Waals surface area contributed by atoms with Crippen LogP contribution in [-0.2, 0) is 0 Å². The molecule has 7 nitrogen and oxygen atoms in total. The number of hydrogen-bond donors (Lipinski definition) is 1. The highest BCUT2D eigenvalue weighted by Crippen LogP contribution is 2.31. The summed E-state index contributed by atoms with van der Waals surface area (Å²) in [7, 11) is 1.56. The molecule has 8 heteroatoms. The fraction of sp³-hybridized carbons (Fsp3) is 0.273. The first kappa shape index (κ1) is 20.0. The zero-order valence-corrected chi connectivity index (χ0v) is 17.4. The molecule has 1 aliphatic heterocycles. The highest BCUT2D eigenvalue weighted by atomic mass is 32.1. The van der Waals surface area contributed by atoms with Crippen molar-refractivity contribution in [1.29, 1.82) is 0 Å². The number of nitrogens with zero attached hydrogens (tertiary/aromatic N) is 3. The van der Waals surface area contributed by atoms with Gasteiger partial charge in [0.25, 0.3) is 11.8 Å². The van der Waals surface area contributed by atoms with Gasteiger partial charge in [-0.05, 0) is 37.1 Å². The number of piperidine rings is 1. The molecule has 0 saturated carbocycles. The molecule has 1 N–H and O–H groups in total. The molecule has 2 aromatic carbocycles. The van der Waals surface area contributed by atoms with Gasteiger partial charge in [-0.2, -0.15) is 0 Å². The number of methoxy groups -OCH3 is 1. The number of ether oxygens (including phenoxy) is 1. The van der Waals surface area contributed by atoms with Crippen LogP contribution in [0.2, 0.25) is 0 Å². The van der Waals surface area contributed by atoms with Crippen molar-refractivity contribution >= 4 is 28.8 Å². The number of anilines is 1. The Balaban J connectivity index is 1.45. The average Bonchev–Trinajstić information content (AvgIpc) is 3.30. The van der Waals surface area contributed by atoms with E-state index >= 15 is 0 Å². The van der Waals surface area contributed by atoms with E-state index in [4.69, 9.17) is 4.74 Å². The number of nitrogens with one attached hydrogen (secondary N) is 1. The summed E-state index contributed by atoms with van der Waals surface area (Å²) in [6.45, 7) is 1.24. The number of rotatable bonds is 5. The molecule has 4 rings (SSSR count). The van der Waals surface area contributed by atoms with E-state index in [1.54, 1.807) is 19.2 Å². The molecule has 30 heavy (non-hydrogen) atoms. The van der Waals surface area contributed by atoms with Crippen molar-refractivity contribution < 1.29 is 14.3 Å². The van der Waals surface area contributed by atoms with Gasteiger partial charge in [-0.1, -0.05) is 41.7 Å². The monoisotopic (exact) mass is 422 g/mol. The van der Waals surface area contributed by atoms with Gasteiger partial charge < -0.3 is 15.0 Å². The van der Waals surface area contributed by atoms with Crippen molar-refractivity contribution in [2.75, 3.05) is 25.5 Å². The van der Waals surface area contributed by atoms with Crippen LogP contribution in [0.15, 0.2) is 54.6 Å². The van der Waals surface area contributed by atoms with E-state index < -0.39 is 0 Å². The van der Waals surface area contributed by atoms with Crippen LogP contribution >= 0.6 is 11.3 Å². The molecule has 0 radical (unpaired) electrons. The molecule has 2 amide bonds. The zero-order chi connectivity index (χ0) is 20.9. The minimum atomic E-state index is -0.275. The predicted molar refractivity (Wildman–Crippen MR) is 115 cm³/mol. The summed E-state index contributed by atoms with van der Waals surface area (Å²) >= 11 is 1.29. The minimum Gasteiger partial charge on any atom is -0.496 e. The Morgan fingerprint density at radius 1 is 1.10 bits per heavy atom. The lowest BCUT2D eigenvalue weighted by Gasteiger charge is -2.32. The van der Waals surface area contributed by atoms with E-state index in [9.17, 15) is 9.59 Å². The third-order valence-electron chi connectivity index (χ3n) is 5.06. The second-order valence-electron chi connectivity index (χ2n) is 7.06. The predicted octanol–water partition coefficient (Wildman–Crippen LogP) is 3.82. The van der Waals surface area contributed by atoms with Crippen molar-refractivity contribution in [3.8, 4) is 5.75 Å². The lowest BCUT2D eigenvalue weighted by molar-refractivity contribution is 0.0703. The normalized spacial score (nSPS) is 16.2. The van der Waals surface area contributed by atoms with Crippen molar-refractivity contribution in [3.63, 3.8) is 0 Å². The first-order valence-corrected chi connectivity index (χ1v) is 10.6. The Labute approximate surface area is 178 Å². The van der Waals surface area contributed by atoms with Gasteiger partial charge in [0.15, 0.2) is 0 Å². The summed E-state index contributed by atoms with van der Waals surface area (Å²) in [5, 5.41) is 12.3. The third-order valence-corrected chi connectivity index (χ3v) is 6.15. The Kier molecular flexibility index (Phi) is 6.04. The number of carbonyl (C=O) groups is 2. The zero-order valence-electron chi connectivity index (χ0n) is 16.6. The summed E-state index contributed by atoms with van der Waals surface area (Å²) < 4.78 is 5.34. The molecule has 0 aliphatic carbocycles. The lowest BCUT2D eigenvalue weighted by atomic mass is 9.98. The van der Waals surface area contributed by atoms with Crippen LogP contribution in [0, 0.1) is 0 Å². The van der Waals surface area contributed by atoms with Crippen molar-refractivity contribution in [2.24, 2.45) is 0 Å². The number of aromatic nitrogens is 2. The standard InChI is InChI=1S/C22H22N4O3S/c1-29-18-12-6-5-11-17(18)22(28)26-13-7-8-15(14-26)20-24-25-21(30-20)19(27)23-16-9-3-2-4-10-16/h2-6,9-12,15H,7-8,13-14H2,1H3,(H,23,27)/t15-/m0/s1. The lowest BCUT2D eigenvalue weighted by Crippen LogP contribution is -2.39. The average molecular weight is 423 g/mol. The Morgan fingerprint density at radius 2 is 1.87 bits per heavy atom. The van der Waals surface area contributed by atoms with Gasteiger partial charge in [-0.25, -0.2) is 0 Å². The molecule has 3 aromatic rings. The van der Waals surface area contributed by atoms with E-state index in [1.807, 2.05) is 47.4 Å². The Bertz CT molecular complexity index is 1040. The molecule has 1 fully saturated rings. The summed E-state index contributed by atoms with van der Waals surface area (Å²) in [6.07, 6.45) is 1.78. The quantitative estimate of drug-likeness (QED) is 0.676. The number of para-hydroxylation sites is 2. The van der Waals surface area contributed by atoms with Gasteiger partial charge in [-0.15, -0.1) is 10.2 Å². The minimum absolute atomic E-state index is 0.0521. The molecular weight excluding hydrogens is 400 g/mol. The molecule has 0 unspecified atom stereocenters. The van der Waals surface area contributed by atoms with Gasteiger partial charge in [0.05, 0.1) is 12.7 Å². The van der Waals surface area contributed by atoms with Crippen LogP contribution in [-0.4, -0.2) is 47.1 Å². The van der Waals surface area contributed by atoms with Crippen LogP contribution in [0.1, 0.15) is 43.9 Å². The molecule has 2 heterocycles. The fourth-order valence-electron chi connectivity index (χ4n) is 3.55. The second-order valence-corrected chi connectivity index (χ2v) is 8.07. The Hall–Kier alpha value is -3.26. The number of hydrogen-bond acceptors (Lipinski definition) is 6. The molecule has 1 aromatic heterocycles. The van der Waals surface area contributed by atoms with Gasteiger partial charge >= 0.3 is 0 Å². The molecule has 1 saturated heterocycles. The van der Waals surface area contributed by atoms with Gasteiger partial charge in [0, 0.05) is 24.7 Å². The first-order chi connectivity index (χ1) is 14.7. The topological polar surface area (TPSA) is 84.4 Å². The summed E-state index contributed by atoms with van der Waals surface area (Å²) in [4.78, 5) is 27.3. The van der Waals surface area contributed by atoms with Crippen LogP contribution in [0.3, 0.4) is 0 Å². The van der Waals surface area contributed by atoms with E-state index in [0.717, 1.165) is 17.8 Å². The summed E-state index contributed by atoms with van der Waals surface area (Å²) in [6, 6.07) is 16.5. The van der Waals surface area contributed by atoms with E-state index in [0.29, 0.717) is 35.1 Å². The highest BCUT2D eigenvalue weighted by Gasteiger charge is 2.29. The second kappa shape index (κ2) is 9.04. The third kappa shape index (κ3) is 4.33. The molecular formula is C22H22N4O3S. The maximum absolute atomic E-state index is 13.0. The van der Waals surface area contributed by atoms with Crippen molar-refractivity contribution in [2.45, 2.75) is 18.8 Å². The summed E-state index contributed by atoms with van der Waals surface area (Å²) in [5.74, 6) is 0.306. The maximum Gasteiger partial charge on any atom is 0.286 e. The van der Waals surface area contributed by atoms with Crippen LogP contribution in [0.5, 0.6) is 5.75 Å². The van der Waals surface area contributed by atoms with Crippen molar-refractivity contribution in [3.05, 3.63) is 70.2 Å². The SMILES string of the molecule is COc1ccccc1C(=O)N1CCC[C@H](c2nnc(C(=O)Nc3ccccc3)s2)C1. The number of amides is 2. The van der Waals surface area contributed by atoms with E-state index in [2.05, 4.69) is 15.5 Å². The van der Waals surface area contributed by atoms with Gasteiger partial charge in [0.2, 0.25) is 5.01 Å². The molecule has 0 spiro atoms. The smallest absolute Gasteiger partial charge is 0.286 e. The van der Waals surface area contributed by atoms with Crippen molar-refractivity contribution in [1.82, 2.24) is 15.1 Å². The van der Waals surface area contributed by atoms with E-state index in [1.165, 1.54) is 11.3 Å². The van der Waals surface area contributed by atoms with E-state index in [-0.39, 0.29) is 17.7 Å².